The van der Waals surface area contributed by atoms with Crippen molar-refractivity contribution in [3.63, 3.8) is 0 Å². The van der Waals surface area contributed by atoms with Gasteiger partial charge in [-0.25, -0.2) is 4.57 Å². The molecule has 2 heterocycles. The third-order valence-electron chi connectivity index (χ3n) is 5.25. The van der Waals surface area contributed by atoms with Gasteiger partial charge in [0.15, 0.2) is 11.5 Å². The maximum absolute atomic E-state index is 13.1. The molecule has 4 rings (SSSR count). The van der Waals surface area contributed by atoms with E-state index in [1.54, 1.807) is 37.4 Å². The van der Waals surface area contributed by atoms with Crippen LogP contribution in [0.5, 0.6) is 17.2 Å². The first-order chi connectivity index (χ1) is 14.4. The molecular formula is C22H24NO6P. The lowest BCUT2D eigenvalue weighted by Crippen LogP contribution is -2.23. The van der Waals surface area contributed by atoms with E-state index in [-0.39, 0.29) is 13.1 Å². The number of para-hydroxylation sites is 1. The molecule has 0 radical (unpaired) electrons. The van der Waals surface area contributed by atoms with Crippen molar-refractivity contribution >= 4 is 13.3 Å². The van der Waals surface area contributed by atoms with Crippen molar-refractivity contribution in [2.45, 2.75) is 25.2 Å². The van der Waals surface area contributed by atoms with Gasteiger partial charge in [-0.05, 0) is 23.8 Å². The molecule has 2 aromatic rings. The van der Waals surface area contributed by atoms with Crippen LogP contribution in [0.4, 0.5) is 0 Å². The zero-order valence-electron chi connectivity index (χ0n) is 16.6. The van der Waals surface area contributed by atoms with Gasteiger partial charge in [0, 0.05) is 30.6 Å². The molecule has 30 heavy (non-hydrogen) atoms. The predicted molar refractivity (Wildman–Crippen MR) is 114 cm³/mol. The van der Waals surface area contributed by atoms with Gasteiger partial charge in [-0.2, -0.15) is 4.67 Å². The summed E-state index contributed by atoms with van der Waals surface area (Å²) in [4.78, 5) is 10.7. The van der Waals surface area contributed by atoms with Crippen LogP contribution in [0.15, 0.2) is 61.2 Å². The molecule has 2 aromatic carbocycles. The minimum absolute atomic E-state index is 0.191. The summed E-state index contributed by atoms with van der Waals surface area (Å²) in [6, 6.07) is 12.2. The summed E-state index contributed by atoms with van der Waals surface area (Å²) in [5.74, 6) is 1.49. The molecule has 7 nitrogen and oxygen atoms in total. The van der Waals surface area contributed by atoms with E-state index in [9.17, 15) is 14.6 Å². The van der Waals surface area contributed by atoms with Gasteiger partial charge in [0.1, 0.15) is 11.9 Å². The van der Waals surface area contributed by atoms with Crippen LogP contribution in [0.3, 0.4) is 0 Å². The Morgan fingerprint density at radius 3 is 2.80 bits per heavy atom. The van der Waals surface area contributed by atoms with Gasteiger partial charge in [0.2, 0.25) is 0 Å². The SMILES string of the molecule is C=CC(O)CC1Oc2c(OC)ccc3c2C1=CCN(P(=O)(O)Oc1ccccc1)C3. The maximum atomic E-state index is 13.1. The molecule has 8 heteroatoms. The number of benzene rings is 2. The normalized spacial score (nSPS) is 20.8. The number of nitrogens with zero attached hydrogens (tertiary/aromatic N) is 1. The Kier molecular flexibility index (Phi) is 5.71. The fourth-order valence-corrected chi connectivity index (χ4v) is 4.89. The Hall–Kier alpha value is -2.57. The average molecular weight is 429 g/mol. The molecule has 2 aliphatic heterocycles. The molecular weight excluding hydrogens is 405 g/mol. The van der Waals surface area contributed by atoms with Crippen LogP contribution in [-0.2, 0) is 11.1 Å². The lowest BCUT2D eigenvalue weighted by molar-refractivity contribution is 0.155. The number of aliphatic hydroxyl groups excluding tert-OH is 1. The molecule has 3 unspecified atom stereocenters. The molecule has 0 spiro atoms. The second-order valence-corrected chi connectivity index (χ2v) is 8.91. The van der Waals surface area contributed by atoms with Crippen molar-refractivity contribution in [3.05, 3.63) is 72.3 Å². The number of aliphatic hydroxyl groups is 1. The van der Waals surface area contributed by atoms with E-state index in [1.165, 1.54) is 10.7 Å². The Balaban J connectivity index is 1.69. The van der Waals surface area contributed by atoms with Crippen LogP contribution in [0.1, 0.15) is 17.5 Å². The molecule has 3 atom stereocenters. The summed E-state index contributed by atoms with van der Waals surface area (Å²) in [6.45, 7) is 4.02. The Morgan fingerprint density at radius 2 is 2.10 bits per heavy atom. The Bertz CT molecular complexity index is 1020. The molecule has 0 aromatic heterocycles. The fourth-order valence-electron chi connectivity index (χ4n) is 3.76. The van der Waals surface area contributed by atoms with Gasteiger partial charge < -0.3 is 24.0 Å². The summed E-state index contributed by atoms with van der Waals surface area (Å²) in [7, 11) is -2.55. The minimum atomic E-state index is -4.11. The highest BCUT2D eigenvalue weighted by atomic mass is 31.2. The Morgan fingerprint density at radius 1 is 1.33 bits per heavy atom. The first-order valence-corrected chi connectivity index (χ1v) is 11.2. The van der Waals surface area contributed by atoms with Crippen LogP contribution < -0.4 is 14.0 Å². The summed E-state index contributed by atoms with van der Waals surface area (Å²) in [5.41, 5.74) is 2.54. The molecule has 0 bridgehead atoms. The van der Waals surface area contributed by atoms with Crippen LogP contribution in [-0.4, -0.2) is 40.5 Å². The minimum Gasteiger partial charge on any atom is -0.493 e. The van der Waals surface area contributed by atoms with Crippen molar-refractivity contribution in [1.29, 1.82) is 0 Å². The van der Waals surface area contributed by atoms with Gasteiger partial charge in [-0.1, -0.05) is 36.4 Å². The monoisotopic (exact) mass is 429 g/mol. The molecule has 2 N–H and O–H groups in total. The molecule has 0 amide bonds. The van der Waals surface area contributed by atoms with Crippen molar-refractivity contribution in [2.24, 2.45) is 0 Å². The van der Waals surface area contributed by atoms with Crippen LogP contribution in [0.2, 0.25) is 0 Å². The summed E-state index contributed by atoms with van der Waals surface area (Å²) in [6.07, 6.45) is 2.51. The average Bonchev–Trinajstić information content (AvgIpc) is 2.96. The maximum Gasteiger partial charge on any atom is 0.459 e. The highest BCUT2D eigenvalue weighted by Crippen LogP contribution is 2.53. The molecule has 158 valence electrons. The number of hydrogen-bond acceptors (Lipinski definition) is 5. The van der Waals surface area contributed by atoms with Gasteiger partial charge in [0.25, 0.3) is 0 Å². The number of methoxy groups -OCH3 is 1. The molecule has 0 saturated carbocycles. The number of hydrogen-bond donors (Lipinski definition) is 2. The number of ether oxygens (including phenoxy) is 2. The predicted octanol–water partition coefficient (Wildman–Crippen LogP) is 3.77. The third kappa shape index (κ3) is 3.89. The van der Waals surface area contributed by atoms with E-state index in [2.05, 4.69) is 6.58 Å². The highest BCUT2D eigenvalue weighted by molar-refractivity contribution is 7.50. The van der Waals surface area contributed by atoms with Crippen LogP contribution in [0, 0.1) is 0 Å². The lowest BCUT2D eigenvalue weighted by atomic mass is 9.95. The first kappa shape index (κ1) is 20.7. The lowest BCUT2D eigenvalue weighted by Gasteiger charge is -2.25. The summed E-state index contributed by atoms with van der Waals surface area (Å²) >= 11 is 0. The number of rotatable bonds is 7. The fraction of sp³-hybridized carbons (Fsp3) is 0.273. The smallest absolute Gasteiger partial charge is 0.459 e. The van der Waals surface area contributed by atoms with E-state index < -0.39 is 20.0 Å². The first-order valence-electron chi connectivity index (χ1n) is 9.63. The van der Waals surface area contributed by atoms with E-state index in [1.807, 2.05) is 18.2 Å². The second kappa shape index (κ2) is 8.28. The van der Waals surface area contributed by atoms with E-state index in [4.69, 9.17) is 14.0 Å². The van der Waals surface area contributed by atoms with Crippen molar-refractivity contribution in [2.75, 3.05) is 13.7 Å². The largest absolute Gasteiger partial charge is 0.493 e. The molecule has 0 aliphatic carbocycles. The highest BCUT2D eigenvalue weighted by Gasteiger charge is 2.39. The van der Waals surface area contributed by atoms with Gasteiger partial charge in [0.05, 0.1) is 13.2 Å². The van der Waals surface area contributed by atoms with Crippen molar-refractivity contribution < 1.29 is 28.6 Å². The quantitative estimate of drug-likeness (QED) is 0.512. The summed E-state index contributed by atoms with van der Waals surface area (Å²) < 4.78 is 31.5. The van der Waals surface area contributed by atoms with Crippen LogP contribution >= 0.6 is 7.75 Å². The molecule has 0 fully saturated rings. The Labute approximate surface area is 175 Å². The van der Waals surface area contributed by atoms with Gasteiger partial charge >= 0.3 is 7.75 Å². The third-order valence-corrected chi connectivity index (χ3v) is 6.72. The molecule has 0 saturated heterocycles. The zero-order valence-corrected chi connectivity index (χ0v) is 17.5. The van der Waals surface area contributed by atoms with E-state index in [0.29, 0.717) is 23.7 Å². The van der Waals surface area contributed by atoms with E-state index in [0.717, 1.165) is 16.7 Å². The zero-order chi connectivity index (χ0) is 21.3. The standard InChI is InChI=1S/C22H24NO6P/c1-3-16(24)13-20-18-11-12-23(30(25,26)29-17-7-5-4-6-8-17)14-15-9-10-19(27-2)22(28-20)21(15)18/h3-11,16,20,24H,1,12-14H2,2H3,(H,25,26). The van der Waals surface area contributed by atoms with Crippen molar-refractivity contribution in [1.82, 2.24) is 4.67 Å². The van der Waals surface area contributed by atoms with Crippen molar-refractivity contribution in [3.8, 4) is 17.2 Å². The second-order valence-electron chi connectivity index (χ2n) is 7.18. The van der Waals surface area contributed by atoms with E-state index >= 15 is 0 Å². The molecule has 2 aliphatic rings. The van der Waals surface area contributed by atoms with Crippen LogP contribution in [0.25, 0.3) is 5.57 Å². The van der Waals surface area contributed by atoms with Gasteiger partial charge in [-0.3, -0.25) is 0 Å². The van der Waals surface area contributed by atoms with Gasteiger partial charge in [-0.15, -0.1) is 6.58 Å². The summed E-state index contributed by atoms with van der Waals surface area (Å²) in [5, 5.41) is 10.1. The topological polar surface area (TPSA) is 88.5 Å².